The Morgan fingerprint density at radius 2 is 1.83 bits per heavy atom. The molecule has 0 radical (unpaired) electrons. The summed E-state index contributed by atoms with van der Waals surface area (Å²) >= 11 is 9.41. The molecule has 94 valence electrons. The first-order valence-electron chi connectivity index (χ1n) is 5.70. The van der Waals surface area contributed by atoms with Gasteiger partial charge in [-0.3, -0.25) is 4.98 Å². The van der Waals surface area contributed by atoms with Gasteiger partial charge in [-0.25, -0.2) is 0 Å². The van der Waals surface area contributed by atoms with Crippen molar-refractivity contribution in [2.24, 2.45) is 5.73 Å². The Balaban J connectivity index is 2.25. The normalized spacial score (nSPS) is 14.2. The average Bonchev–Trinajstić information content (AvgIpc) is 2.41. The minimum absolute atomic E-state index is 0.0685. The van der Waals surface area contributed by atoms with Crippen LogP contribution in [0.4, 0.5) is 0 Å². The van der Waals surface area contributed by atoms with Gasteiger partial charge in [0.1, 0.15) is 0 Å². The lowest BCUT2D eigenvalue weighted by atomic mass is 9.90. The summed E-state index contributed by atoms with van der Waals surface area (Å²) in [6, 6.07) is 9.73. The van der Waals surface area contributed by atoms with E-state index in [-0.39, 0.29) is 12.0 Å². The topological polar surface area (TPSA) is 38.9 Å². The molecular formula is C14H14BrClN2. The first kappa shape index (κ1) is 13.5. The monoisotopic (exact) mass is 324 g/mol. The van der Waals surface area contributed by atoms with E-state index in [2.05, 4.69) is 27.8 Å². The molecule has 18 heavy (non-hydrogen) atoms. The third-order valence-electron chi connectivity index (χ3n) is 3.10. The number of nitrogens with zero attached hydrogens (tertiary/aromatic N) is 1. The van der Waals surface area contributed by atoms with Crippen LogP contribution in [-0.2, 0) is 0 Å². The van der Waals surface area contributed by atoms with Gasteiger partial charge in [-0.2, -0.15) is 0 Å². The Morgan fingerprint density at radius 1 is 1.17 bits per heavy atom. The van der Waals surface area contributed by atoms with Crippen molar-refractivity contribution >= 4 is 27.5 Å². The second-order valence-electron chi connectivity index (χ2n) is 4.27. The van der Waals surface area contributed by atoms with Crippen molar-refractivity contribution in [1.29, 1.82) is 0 Å². The molecular weight excluding hydrogens is 312 g/mol. The zero-order valence-electron chi connectivity index (χ0n) is 9.98. The van der Waals surface area contributed by atoms with E-state index >= 15 is 0 Å². The molecule has 0 saturated heterocycles. The zero-order valence-corrected chi connectivity index (χ0v) is 12.3. The fraction of sp³-hybridized carbons (Fsp3) is 0.214. The largest absolute Gasteiger partial charge is 0.323 e. The van der Waals surface area contributed by atoms with Crippen molar-refractivity contribution in [1.82, 2.24) is 4.98 Å². The lowest BCUT2D eigenvalue weighted by Gasteiger charge is -2.21. The van der Waals surface area contributed by atoms with E-state index in [1.807, 2.05) is 30.3 Å². The Hall–Kier alpha value is -0.900. The molecule has 0 amide bonds. The van der Waals surface area contributed by atoms with Gasteiger partial charge in [0.2, 0.25) is 0 Å². The van der Waals surface area contributed by atoms with Gasteiger partial charge in [-0.05, 0) is 51.3 Å². The highest BCUT2D eigenvalue weighted by molar-refractivity contribution is 9.10. The quantitative estimate of drug-likeness (QED) is 0.913. The number of hydrogen-bond acceptors (Lipinski definition) is 2. The van der Waals surface area contributed by atoms with E-state index in [0.717, 1.165) is 10.0 Å². The van der Waals surface area contributed by atoms with E-state index in [0.29, 0.717) is 5.02 Å². The lowest BCUT2D eigenvalue weighted by molar-refractivity contribution is 0.597. The fourth-order valence-electron chi connectivity index (χ4n) is 1.88. The summed E-state index contributed by atoms with van der Waals surface area (Å²) in [6.45, 7) is 2.11. The second kappa shape index (κ2) is 5.83. The molecule has 2 unspecified atom stereocenters. The highest BCUT2D eigenvalue weighted by Crippen LogP contribution is 2.31. The van der Waals surface area contributed by atoms with Crippen LogP contribution in [0.2, 0.25) is 5.02 Å². The smallest absolute Gasteiger partial charge is 0.0548 e. The zero-order chi connectivity index (χ0) is 13.1. The van der Waals surface area contributed by atoms with Gasteiger partial charge in [-0.1, -0.05) is 24.6 Å². The molecule has 4 heteroatoms. The van der Waals surface area contributed by atoms with Gasteiger partial charge >= 0.3 is 0 Å². The summed E-state index contributed by atoms with van der Waals surface area (Å²) in [4.78, 5) is 4.02. The molecule has 0 bridgehead atoms. The molecule has 2 nitrogen and oxygen atoms in total. The Bertz CT molecular complexity index is 531. The molecule has 0 spiro atoms. The summed E-state index contributed by atoms with van der Waals surface area (Å²) in [5.41, 5.74) is 8.55. The number of halogens is 2. The third kappa shape index (κ3) is 2.91. The molecule has 0 aliphatic carbocycles. The average molecular weight is 326 g/mol. The SMILES string of the molecule is CC(c1ccncc1)C(N)c1ccc(Cl)c(Br)c1. The van der Waals surface area contributed by atoms with Crippen LogP contribution in [0, 0.1) is 0 Å². The van der Waals surface area contributed by atoms with Crippen molar-refractivity contribution in [3.05, 3.63) is 63.3 Å². The standard InChI is InChI=1S/C14H14BrClN2/c1-9(10-4-6-18-7-5-10)14(17)11-2-3-13(16)12(15)8-11/h2-9,14H,17H2,1H3. The number of rotatable bonds is 3. The van der Waals surface area contributed by atoms with Crippen LogP contribution in [0.25, 0.3) is 0 Å². The lowest BCUT2D eigenvalue weighted by Crippen LogP contribution is -2.17. The molecule has 2 aromatic rings. The molecule has 2 N–H and O–H groups in total. The number of pyridine rings is 1. The molecule has 1 aromatic carbocycles. The van der Waals surface area contributed by atoms with Crippen LogP contribution in [0.3, 0.4) is 0 Å². The van der Waals surface area contributed by atoms with Crippen molar-refractivity contribution in [3.8, 4) is 0 Å². The Morgan fingerprint density at radius 3 is 2.44 bits per heavy atom. The summed E-state index contributed by atoms with van der Waals surface area (Å²) in [5, 5.41) is 0.697. The minimum atomic E-state index is -0.0685. The molecule has 2 atom stereocenters. The summed E-state index contributed by atoms with van der Waals surface area (Å²) in [6.07, 6.45) is 3.58. The van der Waals surface area contributed by atoms with Gasteiger partial charge in [0.25, 0.3) is 0 Å². The maximum Gasteiger partial charge on any atom is 0.0548 e. The van der Waals surface area contributed by atoms with E-state index in [1.165, 1.54) is 5.56 Å². The predicted molar refractivity (Wildman–Crippen MR) is 78.7 cm³/mol. The summed E-state index contributed by atoms with van der Waals surface area (Å²) in [5.74, 6) is 0.223. The highest BCUT2D eigenvalue weighted by atomic mass is 79.9. The highest BCUT2D eigenvalue weighted by Gasteiger charge is 2.17. The van der Waals surface area contributed by atoms with Crippen LogP contribution in [0.1, 0.15) is 30.0 Å². The first-order chi connectivity index (χ1) is 8.59. The molecule has 0 saturated carbocycles. The van der Waals surface area contributed by atoms with Gasteiger partial charge < -0.3 is 5.73 Å². The maximum atomic E-state index is 6.31. The summed E-state index contributed by atoms with van der Waals surface area (Å²) < 4.78 is 0.874. The first-order valence-corrected chi connectivity index (χ1v) is 6.87. The molecule has 1 aromatic heterocycles. The van der Waals surface area contributed by atoms with Crippen molar-refractivity contribution < 1.29 is 0 Å². The van der Waals surface area contributed by atoms with Crippen LogP contribution in [-0.4, -0.2) is 4.98 Å². The van der Waals surface area contributed by atoms with Gasteiger partial charge in [0, 0.05) is 28.8 Å². The Labute approximate surface area is 120 Å². The van der Waals surface area contributed by atoms with Crippen molar-refractivity contribution in [3.63, 3.8) is 0 Å². The number of benzene rings is 1. The number of hydrogen-bond donors (Lipinski definition) is 1. The van der Waals surface area contributed by atoms with E-state index in [9.17, 15) is 0 Å². The van der Waals surface area contributed by atoms with E-state index < -0.39 is 0 Å². The minimum Gasteiger partial charge on any atom is -0.323 e. The second-order valence-corrected chi connectivity index (χ2v) is 5.53. The molecule has 0 aliphatic rings. The van der Waals surface area contributed by atoms with Crippen LogP contribution in [0.15, 0.2) is 47.2 Å². The number of aromatic nitrogens is 1. The summed E-state index contributed by atoms with van der Waals surface area (Å²) in [7, 11) is 0. The van der Waals surface area contributed by atoms with Crippen LogP contribution in [0.5, 0.6) is 0 Å². The molecule has 0 fully saturated rings. The van der Waals surface area contributed by atoms with Gasteiger partial charge in [0.15, 0.2) is 0 Å². The van der Waals surface area contributed by atoms with Crippen molar-refractivity contribution in [2.45, 2.75) is 18.9 Å². The van der Waals surface area contributed by atoms with Gasteiger partial charge in [0.05, 0.1) is 5.02 Å². The van der Waals surface area contributed by atoms with Crippen molar-refractivity contribution in [2.75, 3.05) is 0 Å². The third-order valence-corrected chi connectivity index (χ3v) is 4.31. The molecule has 0 aliphatic heterocycles. The number of nitrogens with two attached hydrogens (primary N) is 1. The fourth-order valence-corrected chi connectivity index (χ4v) is 2.40. The predicted octanol–water partition coefficient (Wildman–Crippen LogP) is 4.30. The molecule has 2 rings (SSSR count). The molecule has 1 heterocycles. The Kier molecular flexibility index (Phi) is 4.38. The van der Waals surface area contributed by atoms with E-state index in [4.69, 9.17) is 17.3 Å². The van der Waals surface area contributed by atoms with Crippen LogP contribution < -0.4 is 5.73 Å². The maximum absolute atomic E-state index is 6.31. The van der Waals surface area contributed by atoms with Crippen LogP contribution >= 0.6 is 27.5 Å². The van der Waals surface area contributed by atoms with Gasteiger partial charge in [-0.15, -0.1) is 0 Å². The van der Waals surface area contributed by atoms with E-state index in [1.54, 1.807) is 12.4 Å².